The molecule has 0 bridgehead atoms. The summed E-state index contributed by atoms with van der Waals surface area (Å²) in [5, 5.41) is 11.1. The number of sulfonamides is 1. The third-order valence-electron chi connectivity index (χ3n) is 3.56. The van der Waals surface area contributed by atoms with Gasteiger partial charge in [0.15, 0.2) is 4.90 Å². The largest absolute Gasteiger partial charge is 0.289 e. The maximum atomic E-state index is 12.7. The summed E-state index contributed by atoms with van der Waals surface area (Å²) in [5.41, 5.74) is 0.398. The Morgan fingerprint density at radius 1 is 1.04 bits per heavy atom. The lowest BCUT2D eigenvalue weighted by atomic mass is 9.98. The van der Waals surface area contributed by atoms with E-state index in [2.05, 4.69) is 4.72 Å². The molecule has 2 aromatic carbocycles. The summed E-state index contributed by atoms with van der Waals surface area (Å²) in [7, 11) is -4.02. The smallest absolute Gasteiger partial charge is 0.258 e. The quantitative estimate of drug-likeness (QED) is 0.611. The predicted octanol–water partition coefficient (Wildman–Crippen LogP) is 3.66. The first-order valence-electron chi connectivity index (χ1n) is 7.62. The molecule has 0 saturated heterocycles. The molecule has 0 fully saturated rings. The van der Waals surface area contributed by atoms with E-state index in [4.69, 9.17) is 0 Å². The number of hydrogen-bond acceptors (Lipinski definition) is 4. The van der Waals surface area contributed by atoms with Gasteiger partial charge in [-0.05, 0) is 24.0 Å². The molecule has 0 radical (unpaired) electrons. The van der Waals surface area contributed by atoms with Crippen LogP contribution in [0.3, 0.4) is 0 Å². The zero-order valence-corrected chi connectivity index (χ0v) is 14.4. The second-order valence-corrected chi connectivity index (χ2v) is 7.62. The molecule has 0 heterocycles. The Kier molecular flexibility index (Phi) is 5.69. The van der Waals surface area contributed by atoms with E-state index in [-0.39, 0.29) is 10.8 Å². The van der Waals surface area contributed by atoms with Crippen molar-refractivity contribution in [2.24, 2.45) is 5.92 Å². The normalized spacial score (nSPS) is 13.0. The number of para-hydroxylation sites is 1. The van der Waals surface area contributed by atoms with Crippen LogP contribution in [0.1, 0.15) is 31.9 Å². The number of nitrogens with one attached hydrogen (secondary N) is 1. The van der Waals surface area contributed by atoms with Crippen LogP contribution in [0, 0.1) is 16.0 Å². The molecular weight excluding hydrogens is 328 g/mol. The molecule has 7 heteroatoms. The van der Waals surface area contributed by atoms with Crippen LogP contribution < -0.4 is 4.72 Å². The summed E-state index contributed by atoms with van der Waals surface area (Å²) in [5.74, 6) is 0.253. The molecule has 6 nitrogen and oxygen atoms in total. The molecule has 1 N–H and O–H groups in total. The fourth-order valence-electron chi connectivity index (χ4n) is 2.49. The van der Waals surface area contributed by atoms with Gasteiger partial charge in [-0.25, -0.2) is 13.1 Å². The van der Waals surface area contributed by atoms with E-state index in [0.717, 1.165) is 5.56 Å². The van der Waals surface area contributed by atoms with E-state index in [1.54, 1.807) is 0 Å². The Labute approximate surface area is 141 Å². The molecule has 24 heavy (non-hydrogen) atoms. The maximum absolute atomic E-state index is 12.7. The molecule has 0 aliphatic rings. The fraction of sp³-hybridized carbons (Fsp3) is 0.294. The molecule has 0 saturated carbocycles. The number of nitro benzene ring substituents is 1. The van der Waals surface area contributed by atoms with Crippen LogP contribution in [-0.2, 0) is 10.0 Å². The van der Waals surface area contributed by atoms with Gasteiger partial charge in [0.05, 0.1) is 4.92 Å². The Morgan fingerprint density at radius 3 is 2.21 bits per heavy atom. The van der Waals surface area contributed by atoms with Crippen LogP contribution in [0.4, 0.5) is 5.69 Å². The molecule has 0 amide bonds. The Bertz CT molecular complexity index is 804. The van der Waals surface area contributed by atoms with Crippen LogP contribution in [-0.4, -0.2) is 13.3 Å². The number of nitrogens with zero attached hydrogens (tertiary/aromatic N) is 1. The van der Waals surface area contributed by atoms with E-state index in [1.807, 2.05) is 44.2 Å². The first-order valence-corrected chi connectivity index (χ1v) is 9.10. The van der Waals surface area contributed by atoms with Crippen LogP contribution in [0.5, 0.6) is 0 Å². The first kappa shape index (κ1) is 18.1. The van der Waals surface area contributed by atoms with Gasteiger partial charge in [-0.2, -0.15) is 0 Å². The number of hydrogen-bond donors (Lipinski definition) is 1. The highest BCUT2D eigenvalue weighted by Crippen LogP contribution is 2.27. The van der Waals surface area contributed by atoms with Crippen LogP contribution in [0.25, 0.3) is 0 Å². The van der Waals surface area contributed by atoms with E-state index in [1.165, 1.54) is 24.3 Å². The Morgan fingerprint density at radius 2 is 1.62 bits per heavy atom. The summed E-state index contributed by atoms with van der Waals surface area (Å²) < 4.78 is 28.0. The van der Waals surface area contributed by atoms with Crippen LogP contribution in [0.2, 0.25) is 0 Å². The molecule has 0 aliphatic heterocycles. The maximum Gasteiger partial charge on any atom is 0.289 e. The molecule has 0 spiro atoms. The van der Waals surface area contributed by atoms with Crippen molar-refractivity contribution in [2.75, 3.05) is 0 Å². The zero-order chi connectivity index (χ0) is 17.7. The molecule has 0 aliphatic carbocycles. The predicted molar refractivity (Wildman–Crippen MR) is 92.1 cm³/mol. The van der Waals surface area contributed by atoms with Crippen molar-refractivity contribution in [3.05, 3.63) is 70.3 Å². The van der Waals surface area contributed by atoms with Crippen molar-refractivity contribution in [1.82, 2.24) is 4.72 Å². The standard InChI is InChI=1S/C17H20N2O4S/c1-13(2)12-15(14-8-4-3-5-9-14)18-24(22,23)17-11-7-6-10-16(17)19(20)21/h3-11,13,15,18H,12H2,1-2H3. The van der Waals surface area contributed by atoms with Crippen molar-refractivity contribution in [3.8, 4) is 0 Å². The minimum Gasteiger partial charge on any atom is -0.258 e. The average molecular weight is 348 g/mol. The molecular formula is C17H20N2O4S. The zero-order valence-electron chi connectivity index (χ0n) is 13.5. The van der Waals surface area contributed by atoms with Gasteiger partial charge in [0.25, 0.3) is 5.69 Å². The number of rotatable bonds is 7. The summed E-state index contributed by atoms with van der Waals surface area (Å²) in [4.78, 5) is 10.1. The third-order valence-corrected chi connectivity index (χ3v) is 5.08. The molecule has 1 atom stereocenters. The lowest BCUT2D eigenvalue weighted by Crippen LogP contribution is -2.30. The second kappa shape index (κ2) is 7.55. The van der Waals surface area contributed by atoms with E-state index >= 15 is 0 Å². The summed E-state index contributed by atoms with van der Waals surface area (Å²) in [6, 6.07) is 14.1. The van der Waals surface area contributed by atoms with Crippen LogP contribution >= 0.6 is 0 Å². The second-order valence-electron chi connectivity index (χ2n) is 5.94. The van der Waals surface area contributed by atoms with Gasteiger partial charge < -0.3 is 0 Å². The minimum atomic E-state index is -4.02. The molecule has 128 valence electrons. The monoisotopic (exact) mass is 348 g/mol. The Hall–Kier alpha value is -2.25. The van der Waals surface area contributed by atoms with E-state index in [0.29, 0.717) is 6.42 Å². The minimum absolute atomic E-state index is 0.253. The first-order chi connectivity index (χ1) is 11.3. The highest BCUT2D eigenvalue weighted by atomic mass is 32.2. The van der Waals surface area contributed by atoms with Gasteiger partial charge >= 0.3 is 0 Å². The SMILES string of the molecule is CC(C)CC(NS(=O)(=O)c1ccccc1[N+](=O)[O-])c1ccccc1. The number of nitro groups is 1. The van der Waals surface area contributed by atoms with Crippen molar-refractivity contribution < 1.29 is 13.3 Å². The molecule has 0 aromatic heterocycles. The number of benzene rings is 2. The van der Waals surface area contributed by atoms with Crippen molar-refractivity contribution in [1.29, 1.82) is 0 Å². The third kappa shape index (κ3) is 4.39. The summed E-state index contributed by atoms with van der Waals surface area (Å²) in [6.45, 7) is 3.99. The topological polar surface area (TPSA) is 89.3 Å². The van der Waals surface area contributed by atoms with Crippen molar-refractivity contribution in [2.45, 2.75) is 31.2 Å². The van der Waals surface area contributed by atoms with Gasteiger partial charge in [-0.1, -0.05) is 56.3 Å². The van der Waals surface area contributed by atoms with Gasteiger partial charge in [0.1, 0.15) is 0 Å². The van der Waals surface area contributed by atoms with Gasteiger partial charge in [-0.15, -0.1) is 0 Å². The average Bonchev–Trinajstić information content (AvgIpc) is 2.54. The van der Waals surface area contributed by atoms with Gasteiger partial charge in [0.2, 0.25) is 10.0 Å². The molecule has 2 aromatic rings. The highest BCUT2D eigenvalue weighted by molar-refractivity contribution is 7.89. The summed E-state index contributed by atoms with van der Waals surface area (Å²) in [6.07, 6.45) is 0.587. The van der Waals surface area contributed by atoms with Crippen LogP contribution in [0.15, 0.2) is 59.5 Å². The van der Waals surface area contributed by atoms with Crippen molar-refractivity contribution in [3.63, 3.8) is 0 Å². The van der Waals surface area contributed by atoms with Crippen molar-refractivity contribution >= 4 is 15.7 Å². The molecule has 1 unspecified atom stereocenters. The highest BCUT2D eigenvalue weighted by Gasteiger charge is 2.28. The van der Waals surface area contributed by atoms with Gasteiger partial charge in [-0.3, -0.25) is 10.1 Å². The lowest BCUT2D eigenvalue weighted by molar-refractivity contribution is -0.387. The van der Waals surface area contributed by atoms with E-state index < -0.39 is 26.7 Å². The fourth-order valence-corrected chi connectivity index (χ4v) is 3.90. The van der Waals surface area contributed by atoms with Gasteiger partial charge in [0, 0.05) is 12.1 Å². The Balaban J connectivity index is 2.40. The van der Waals surface area contributed by atoms with E-state index in [9.17, 15) is 18.5 Å². The lowest BCUT2D eigenvalue weighted by Gasteiger charge is -2.21. The summed E-state index contributed by atoms with van der Waals surface area (Å²) >= 11 is 0. The molecule has 2 rings (SSSR count).